The number of hydrogen-bond acceptors (Lipinski definition) is 3. The van der Waals surface area contributed by atoms with Crippen LogP contribution in [0.25, 0.3) is 0 Å². The molecule has 1 heterocycles. The smallest absolute Gasteiger partial charge is 0.385 e. The van der Waals surface area contributed by atoms with E-state index in [1.54, 1.807) is 10.8 Å². The Morgan fingerprint density at radius 2 is 1.95 bits per heavy atom. The number of nitrogens with one attached hydrogen (secondary N) is 2. The molecule has 20 heavy (non-hydrogen) atoms. The van der Waals surface area contributed by atoms with Crippen LogP contribution in [0.2, 0.25) is 0 Å². The number of rotatable bonds is 2. The van der Waals surface area contributed by atoms with Gasteiger partial charge < -0.3 is 5.32 Å². The summed E-state index contributed by atoms with van der Waals surface area (Å²) < 4.78 is 60.6. The standard InChI is InChI=1S/C12H15F3N2O2S/c1-11(2)5-6-16-10-7-8(3-4-9(10)11)17-20(18,19)12(13,14)15/h3-4,7,16-17H,5-6H2,1-2H3. The summed E-state index contributed by atoms with van der Waals surface area (Å²) in [4.78, 5) is 0. The summed E-state index contributed by atoms with van der Waals surface area (Å²) in [5.74, 6) is 0. The van der Waals surface area contributed by atoms with Gasteiger partial charge in [0, 0.05) is 12.2 Å². The molecule has 2 rings (SSSR count). The van der Waals surface area contributed by atoms with E-state index in [2.05, 4.69) is 5.32 Å². The van der Waals surface area contributed by atoms with E-state index in [0.717, 1.165) is 12.0 Å². The highest BCUT2D eigenvalue weighted by Crippen LogP contribution is 2.38. The summed E-state index contributed by atoms with van der Waals surface area (Å²) in [6.45, 7) is 4.76. The van der Waals surface area contributed by atoms with Crippen molar-refractivity contribution in [2.45, 2.75) is 31.2 Å². The molecule has 2 N–H and O–H groups in total. The van der Waals surface area contributed by atoms with Crippen LogP contribution in [0.3, 0.4) is 0 Å². The molecule has 8 heteroatoms. The second-order valence-electron chi connectivity index (χ2n) is 5.37. The van der Waals surface area contributed by atoms with Gasteiger partial charge in [-0.05, 0) is 29.5 Å². The monoisotopic (exact) mass is 308 g/mol. The van der Waals surface area contributed by atoms with Crippen molar-refractivity contribution in [3.63, 3.8) is 0 Å². The third kappa shape index (κ3) is 2.70. The predicted octanol–water partition coefficient (Wildman–Crippen LogP) is 3.04. The molecule has 0 unspecified atom stereocenters. The van der Waals surface area contributed by atoms with Crippen LogP contribution < -0.4 is 10.0 Å². The Hall–Kier alpha value is -1.44. The van der Waals surface area contributed by atoms with E-state index in [0.29, 0.717) is 12.2 Å². The highest BCUT2D eigenvalue weighted by molar-refractivity contribution is 7.93. The van der Waals surface area contributed by atoms with Gasteiger partial charge in [-0.3, -0.25) is 4.72 Å². The number of benzene rings is 1. The van der Waals surface area contributed by atoms with E-state index in [1.807, 2.05) is 13.8 Å². The summed E-state index contributed by atoms with van der Waals surface area (Å²) in [5.41, 5.74) is -3.91. The Morgan fingerprint density at radius 3 is 2.55 bits per heavy atom. The van der Waals surface area contributed by atoms with E-state index in [4.69, 9.17) is 0 Å². The quantitative estimate of drug-likeness (QED) is 0.883. The van der Waals surface area contributed by atoms with Crippen LogP contribution in [0.15, 0.2) is 18.2 Å². The normalized spacial score (nSPS) is 18.1. The van der Waals surface area contributed by atoms with Crippen LogP contribution in [-0.2, 0) is 15.4 Å². The Kier molecular flexibility index (Phi) is 3.40. The summed E-state index contributed by atoms with van der Waals surface area (Å²) in [7, 11) is -5.38. The van der Waals surface area contributed by atoms with Crippen LogP contribution in [0.5, 0.6) is 0 Å². The SMILES string of the molecule is CC1(C)CCNc2cc(NS(=O)(=O)C(F)(F)F)ccc21. The van der Waals surface area contributed by atoms with Crippen LogP contribution in [0.1, 0.15) is 25.8 Å². The van der Waals surface area contributed by atoms with Gasteiger partial charge in [-0.2, -0.15) is 21.6 Å². The van der Waals surface area contributed by atoms with Crippen molar-refractivity contribution in [1.29, 1.82) is 0 Å². The lowest BCUT2D eigenvalue weighted by Gasteiger charge is -2.33. The highest BCUT2D eigenvalue weighted by Gasteiger charge is 2.46. The van der Waals surface area contributed by atoms with Crippen LogP contribution in [0, 0.1) is 0 Å². The third-order valence-corrected chi connectivity index (χ3v) is 4.48. The van der Waals surface area contributed by atoms with E-state index in [-0.39, 0.29) is 11.1 Å². The molecule has 4 nitrogen and oxygen atoms in total. The first kappa shape index (κ1) is 15.0. The van der Waals surface area contributed by atoms with Gasteiger partial charge in [0.25, 0.3) is 0 Å². The molecule has 0 saturated heterocycles. The lowest BCUT2D eigenvalue weighted by molar-refractivity contribution is -0.0429. The zero-order valence-corrected chi connectivity index (χ0v) is 11.8. The average molecular weight is 308 g/mol. The fourth-order valence-corrected chi connectivity index (χ4v) is 2.75. The molecule has 1 aliphatic heterocycles. The summed E-state index contributed by atoms with van der Waals surface area (Å²) >= 11 is 0. The van der Waals surface area contributed by atoms with Gasteiger partial charge in [-0.1, -0.05) is 19.9 Å². The van der Waals surface area contributed by atoms with Gasteiger partial charge in [-0.25, -0.2) is 0 Å². The molecule has 112 valence electrons. The fourth-order valence-electron chi connectivity index (χ4n) is 2.20. The molecule has 1 aromatic carbocycles. The molecule has 1 aromatic rings. The number of alkyl halides is 3. The van der Waals surface area contributed by atoms with Gasteiger partial charge in [0.1, 0.15) is 0 Å². The second-order valence-corrected chi connectivity index (χ2v) is 7.05. The molecule has 0 radical (unpaired) electrons. The first-order valence-corrected chi connectivity index (χ1v) is 7.49. The Bertz CT molecular complexity index is 624. The second kappa shape index (κ2) is 4.54. The fraction of sp³-hybridized carbons (Fsp3) is 0.500. The maximum Gasteiger partial charge on any atom is 0.516 e. The molecule has 0 saturated carbocycles. The van der Waals surface area contributed by atoms with Gasteiger partial charge >= 0.3 is 15.5 Å². The summed E-state index contributed by atoms with van der Waals surface area (Å²) in [6, 6.07) is 4.38. The van der Waals surface area contributed by atoms with Crippen LogP contribution in [-0.4, -0.2) is 20.5 Å². The van der Waals surface area contributed by atoms with E-state index in [1.165, 1.54) is 12.1 Å². The Labute approximate surface area is 115 Å². The minimum Gasteiger partial charge on any atom is -0.385 e. The Morgan fingerprint density at radius 1 is 1.30 bits per heavy atom. The van der Waals surface area contributed by atoms with Gasteiger partial charge in [0.2, 0.25) is 0 Å². The van der Waals surface area contributed by atoms with E-state index < -0.39 is 15.5 Å². The zero-order valence-electron chi connectivity index (χ0n) is 11.0. The topological polar surface area (TPSA) is 58.2 Å². The van der Waals surface area contributed by atoms with Crippen LogP contribution >= 0.6 is 0 Å². The summed E-state index contributed by atoms with van der Waals surface area (Å²) in [6.07, 6.45) is 0.896. The molecule has 0 bridgehead atoms. The first-order valence-electron chi connectivity index (χ1n) is 6.00. The van der Waals surface area contributed by atoms with Gasteiger partial charge in [0.15, 0.2) is 0 Å². The molecule has 0 atom stereocenters. The lowest BCUT2D eigenvalue weighted by atomic mass is 9.78. The number of sulfonamides is 1. The molecular weight excluding hydrogens is 293 g/mol. The molecule has 1 aliphatic rings. The maximum atomic E-state index is 12.3. The maximum absolute atomic E-state index is 12.3. The number of halogens is 3. The number of hydrogen-bond donors (Lipinski definition) is 2. The van der Waals surface area contributed by atoms with Crippen molar-refractivity contribution < 1.29 is 21.6 Å². The predicted molar refractivity (Wildman–Crippen MR) is 71.2 cm³/mol. The Balaban J connectivity index is 2.34. The van der Waals surface area contributed by atoms with Gasteiger partial charge in [-0.15, -0.1) is 0 Å². The van der Waals surface area contributed by atoms with E-state index in [9.17, 15) is 21.6 Å². The largest absolute Gasteiger partial charge is 0.516 e. The van der Waals surface area contributed by atoms with Crippen molar-refractivity contribution in [2.24, 2.45) is 0 Å². The molecule has 0 aromatic heterocycles. The average Bonchev–Trinajstić information content (AvgIpc) is 2.25. The number of anilines is 2. The van der Waals surface area contributed by atoms with Crippen LogP contribution in [0.4, 0.5) is 24.5 Å². The minimum absolute atomic E-state index is 0.0952. The molecule has 0 fully saturated rings. The van der Waals surface area contributed by atoms with Crippen molar-refractivity contribution in [2.75, 3.05) is 16.6 Å². The molecular formula is C12H15F3N2O2S. The van der Waals surface area contributed by atoms with E-state index >= 15 is 0 Å². The van der Waals surface area contributed by atoms with Crippen molar-refractivity contribution >= 4 is 21.4 Å². The highest BCUT2D eigenvalue weighted by atomic mass is 32.2. The lowest BCUT2D eigenvalue weighted by Crippen LogP contribution is -2.31. The first-order chi connectivity index (χ1) is 9.03. The minimum atomic E-state index is -5.38. The molecule has 0 spiro atoms. The van der Waals surface area contributed by atoms with Crippen molar-refractivity contribution in [1.82, 2.24) is 0 Å². The number of fused-ring (bicyclic) bond motifs is 1. The molecule has 0 aliphatic carbocycles. The molecule has 0 amide bonds. The van der Waals surface area contributed by atoms with Crippen molar-refractivity contribution in [3.8, 4) is 0 Å². The zero-order chi connectivity index (χ0) is 15.2. The van der Waals surface area contributed by atoms with Crippen molar-refractivity contribution in [3.05, 3.63) is 23.8 Å². The van der Waals surface area contributed by atoms with Gasteiger partial charge in [0.05, 0.1) is 5.69 Å². The third-order valence-electron chi connectivity index (χ3n) is 3.37. The summed E-state index contributed by atoms with van der Waals surface area (Å²) in [5, 5.41) is 3.07.